The summed E-state index contributed by atoms with van der Waals surface area (Å²) in [5, 5.41) is 11.3. The van der Waals surface area contributed by atoms with Gasteiger partial charge in [-0.15, -0.1) is 5.10 Å². The molecule has 8 nitrogen and oxygen atoms in total. The van der Waals surface area contributed by atoms with Crippen molar-refractivity contribution in [1.29, 1.82) is 0 Å². The molecule has 1 aromatic heterocycles. The highest BCUT2D eigenvalue weighted by atomic mass is 35.5. The molecular weight excluding hydrogens is 490 g/mol. The minimum Gasteiger partial charge on any atom is -0.497 e. The quantitative estimate of drug-likeness (QED) is 0.310. The summed E-state index contributed by atoms with van der Waals surface area (Å²) in [4.78, 5) is 17.1. The molecule has 0 saturated carbocycles. The topological polar surface area (TPSA) is 90.3 Å². The number of methoxy groups -OCH3 is 2. The standard InChI is InChI=1S/C28H24ClN5O3/c1-36-22-12-3-18(4-13-22)5-16-26(35)31-27-32-28-30-24(19-6-10-21(29)11-7-19)17-25(34(28)33-27)20-8-14-23(37-2)15-9-20/h3-17,25H,1-2H3,(H2,30,31,32,33,35)/b16-5+/t25-/m0/s1. The van der Waals surface area contributed by atoms with Crippen molar-refractivity contribution in [2.45, 2.75) is 6.04 Å². The van der Waals surface area contributed by atoms with Crippen molar-refractivity contribution in [3.05, 3.63) is 107 Å². The monoisotopic (exact) mass is 513 g/mol. The lowest BCUT2D eigenvalue weighted by atomic mass is 10.0. The minimum atomic E-state index is -0.342. The molecule has 1 atom stereocenters. The molecule has 1 amide bonds. The Morgan fingerprint density at radius 2 is 1.62 bits per heavy atom. The number of amides is 1. The SMILES string of the molecule is COc1ccc(/C=C/C(=O)Nc2nc3n(n2)[C@H](c2ccc(OC)cc2)C=C(c2ccc(Cl)cc2)N3)cc1. The number of hydrogen-bond acceptors (Lipinski definition) is 6. The van der Waals surface area contributed by atoms with Crippen molar-refractivity contribution >= 4 is 41.2 Å². The van der Waals surface area contributed by atoms with Gasteiger partial charge in [0.1, 0.15) is 17.5 Å². The van der Waals surface area contributed by atoms with E-state index in [9.17, 15) is 4.79 Å². The molecule has 186 valence electrons. The third kappa shape index (κ3) is 5.49. The summed E-state index contributed by atoms with van der Waals surface area (Å²) in [5.41, 5.74) is 3.66. The zero-order valence-electron chi connectivity index (χ0n) is 20.2. The van der Waals surface area contributed by atoms with E-state index >= 15 is 0 Å². The fourth-order valence-electron chi connectivity index (χ4n) is 3.92. The molecule has 2 heterocycles. The Morgan fingerprint density at radius 1 is 0.973 bits per heavy atom. The van der Waals surface area contributed by atoms with E-state index in [1.165, 1.54) is 6.08 Å². The molecule has 4 aromatic rings. The summed E-state index contributed by atoms with van der Waals surface area (Å²) in [7, 11) is 3.24. The summed E-state index contributed by atoms with van der Waals surface area (Å²) < 4.78 is 12.2. The number of aromatic nitrogens is 3. The van der Waals surface area contributed by atoms with Gasteiger partial charge in [0.05, 0.1) is 14.2 Å². The molecule has 0 fully saturated rings. The minimum absolute atomic E-state index is 0.191. The van der Waals surface area contributed by atoms with Crippen molar-refractivity contribution in [2.75, 3.05) is 24.9 Å². The second-order valence-electron chi connectivity index (χ2n) is 8.23. The first kappa shape index (κ1) is 24.1. The number of nitrogens with zero attached hydrogens (tertiary/aromatic N) is 3. The summed E-state index contributed by atoms with van der Waals surface area (Å²) in [5.74, 6) is 1.86. The maximum Gasteiger partial charge on any atom is 0.250 e. The molecule has 1 aliphatic heterocycles. The number of carbonyl (C=O) groups is 1. The van der Waals surface area contributed by atoms with Gasteiger partial charge in [0.25, 0.3) is 11.9 Å². The Bertz CT molecular complexity index is 1460. The number of fused-ring (bicyclic) bond motifs is 1. The van der Waals surface area contributed by atoms with Crippen molar-refractivity contribution in [2.24, 2.45) is 0 Å². The van der Waals surface area contributed by atoms with Crippen LogP contribution in [0.4, 0.5) is 11.9 Å². The highest BCUT2D eigenvalue weighted by Crippen LogP contribution is 2.34. The van der Waals surface area contributed by atoms with Crippen LogP contribution in [0.2, 0.25) is 5.02 Å². The van der Waals surface area contributed by atoms with E-state index in [0.717, 1.165) is 33.9 Å². The number of hydrogen-bond donors (Lipinski definition) is 2. The van der Waals surface area contributed by atoms with E-state index in [-0.39, 0.29) is 17.9 Å². The number of benzene rings is 3. The lowest BCUT2D eigenvalue weighted by Gasteiger charge is -2.24. The van der Waals surface area contributed by atoms with Gasteiger partial charge in [0.2, 0.25) is 5.95 Å². The van der Waals surface area contributed by atoms with Gasteiger partial charge in [-0.05, 0) is 65.2 Å². The van der Waals surface area contributed by atoms with E-state index < -0.39 is 0 Å². The molecule has 5 rings (SSSR count). The second-order valence-corrected chi connectivity index (χ2v) is 8.67. The molecule has 1 aliphatic rings. The number of allylic oxidation sites excluding steroid dienone is 1. The van der Waals surface area contributed by atoms with Gasteiger partial charge in [-0.3, -0.25) is 10.1 Å². The van der Waals surface area contributed by atoms with E-state index in [2.05, 4.69) is 26.8 Å². The Hall–Kier alpha value is -4.56. The lowest BCUT2D eigenvalue weighted by Crippen LogP contribution is -2.20. The summed E-state index contributed by atoms with van der Waals surface area (Å²) in [6.07, 6.45) is 5.21. The van der Waals surface area contributed by atoms with Crippen LogP contribution >= 0.6 is 11.6 Å². The molecule has 9 heteroatoms. The van der Waals surface area contributed by atoms with Crippen molar-refractivity contribution in [1.82, 2.24) is 14.8 Å². The first-order valence-electron chi connectivity index (χ1n) is 11.5. The van der Waals surface area contributed by atoms with Gasteiger partial charge in [0.15, 0.2) is 0 Å². The van der Waals surface area contributed by atoms with Crippen LogP contribution in [0.1, 0.15) is 22.7 Å². The Labute approximate surface area is 219 Å². The molecule has 0 aliphatic carbocycles. The molecular formula is C28H24ClN5O3. The van der Waals surface area contributed by atoms with Crippen LogP contribution in [0.5, 0.6) is 11.5 Å². The predicted octanol–water partition coefficient (Wildman–Crippen LogP) is 5.66. The number of rotatable bonds is 7. The number of carbonyl (C=O) groups excluding carboxylic acids is 1. The van der Waals surface area contributed by atoms with Gasteiger partial charge < -0.3 is 14.8 Å². The number of halogens is 1. The summed E-state index contributed by atoms with van der Waals surface area (Å²) in [6.45, 7) is 0. The van der Waals surface area contributed by atoms with E-state index in [4.69, 9.17) is 21.1 Å². The van der Waals surface area contributed by atoms with E-state index in [1.54, 1.807) is 25.0 Å². The lowest BCUT2D eigenvalue weighted by molar-refractivity contribution is -0.111. The average Bonchev–Trinajstić information content (AvgIpc) is 3.34. The highest BCUT2D eigenvalue weighted by Gasteiger charge is 2.25. The molecule has 2 N–H and O–H groups in total. The third-order valence-electron chi connectivity index (χ3n) is 5.86. The molecule has 0 saturated heterocycles. The fourth-order valence-corrected chi connectivity index (χ4v) is 4.05. The van der Waals surface area contributed by atoms with Crippen LogP contribution in [0.3, 0.4) is 0 Å². The average molecular weight is 514 g/mol. The zero-order valence-corrected chi connectivity index (χ0v) is 20.9. The predicted molar refractivity (Wildman–Crippen MR) is 145 cm³/mol. The molecule has 0 unspecified atom stereocenters. The first-order valence-corrected chi connectivity index (χ1v) is 11.9. The normalized spacial score (nSPS) is 14.5. The molecule has 37 heavy (non-hydrogen) atoms. The Kier molecular flexibility index (Phi) is 6.91. The highest BCUT2D eigenvalue weighted by molar-refractivity contribution is 6.30. The molecule has 3 aromatic carbocycles. The van der Waals surface area contributed by atoms with E-state index in [1.807, 2.05) is 72.8 Å². The maximum atomic E-state index is 12.6. The van der Waals surface area contributed by atoms with Gasteiger partial charge in [-0.2, -0.15) is 4.98 Å². The van der Waals surface area contributed by atoms with Crippen LogP contribution in [-0.2, 0) is 4.79 Å². The second kappa shape index (κ2) is 10.6. The van der Waals surface area contributed by atoms with Gasteiger partial charge in [-0.1, -0.05) is 48.0 Å². The number of ether oxygens (including phenoxy) is 2. The van der Waals surface area contributed by atoms with E-state index in [0.29, 0.717) is 11.0 Å². The smallest absolute Gasteiger partial charge is 0.250 e. The Balaban J connectivity index is 1.41. The fraction of sp³-hybridized carbons (Fsp3) is 0.107. The van der Waals surface area contributed by atoms with Gasteiger partial charge in [0, 0.05) is 16.8 Å². The number of nitrogens with one attached hydrogen (secondary N) is 2. The molecule has 0 radical (unpaired) electrons. The van der Waals surface area contributed by atoms with Gasteiger partial charge >= 0.3 is 0 Å². The Morgan fingerprint density at radius 3 is 2.27 bits per heavy atom. The summed E-state index contributed by atoms with van der Waals surface area (Å²) in [6, 6.07) is 22.4. The van der Waals surface area contributed by atoms with Crippen molar-refractivity contribution < 1.29 is 14.3 Å². The van der Waals surface area contributed by atoms with Crippen LogP contribution < -0.4 is 20.1 Å². The van der Waals surface area contributed by atoms with Crippen molar-refractivity contribution in [3.63, 3.8) is 0 Å². The maximum absolute atomic E-state index is 12.6. The van der Waals surface area contributed by atoms with Gasteiger partial charge in [-0.25, -0.2) is 4.68 Å². The zero-order chi connectivity index (χ0) is 25.8. The van der Waals surface area contributed by atoms with Crippen LogP contribution in [0.15, 0.2) is 84.9 Å². The van der Waals surface area contributed by atoms with Crippen LogP contribution in [0, 0.1) is 0 Å². The van der Waals surface area contributed by atoms with Crippen LogP contribution in [0.25, 0.3) is 11.8 Å². The first-order chi connectivity index (χ1) is 18.0. The number of anilines is 2. The summed E-state index contributed by atoms with van der Waals surface area (Å²) >= 11 is 6.09. The third-order valence-corrected chi connectivity index (χ3v) is 6.11. The largest absolute Gasteiger partial charge is 0.497 e. The van der Waals surface area contributed by atoms with Crippen LogP contribution in [-0.4, -0.2) is 34.9 Å². The molecule has 0 spiro atoms. The van der Waals surface area contributed by atoms with Crippen molar-refractivity contribution in [3.8, 4) is 11.5 Å². The molecule has 0 bridgehead atoms.